The number of fused-ring (bicyclic) bond motifs is 1. The third-order valence-corrected chi connectivity index (χ3v) is 5.52. The number of ether oxygens (including phenoxy) is 1. The predicted molar refractivity (Wildman–Crippen MR) is 110 cm³/mol. The topological polar surface area (TPSA) is 82.9 Å². The van der Waals surface area contributed by atoms with Crippen LogP contribution in [0.1, 0.15) is 29.2 Å². The summed E-state index contributed by atoms with van der Waals surface area (Å²) >= 11 is 0. The summed E-state index contributed by atoms with van der Waals surface area (Å²) in [7, 11) is 0. The molecule has 29 heavy (non-hydrogen) atoms. The lowest BCUT2D eigenvalue weighted by Gasteiger charge is -2.36. The summed E-state index contributed by atoms with van der Waals surface area (Å²) < 4.78 is 6.23. The molecule has 1 aromatic heterocycles. The van der Waals surface area contributed by atoms with Crippen LogP contribution in [0.4, 0.5) is 4.79 Å². The Morgan fingerprint density at radius 1 is 1.10 bits per heavy atom. The molecule has 2 unspecified atom stereocenters. The van der Waals surface area contributed by atoms with Gasteiger partial charge in [-0.1, -0.05) is 42.5 Å². The molecule has 1 saturated heterocycles. The lowest BCUT2D eigenvalue weighted by Crippen LogP contribution is -2.46. The highest BCUT2D eigenvalue weighted by Gasteiger charge is 2.34. The number of aliphatic hydroxyl groups is 1. The van der Waals surface area contributed by atoms with Crippen molar-refractivity contribution < 1.29 is 19.7 Å². The Hall–Kier alpha value is -2.96. The summed E-state index contributed by atoms with van der Waals surface area (Å²) in [6.45, 7) is 1.14. The molecule has 1 fully saturated rings. The van der Waals surface area contributed by atoms with Crippen molar-refractivity contribution in [2.75, 3.05) is 13.1 Å². The molecule has 2 N–H and O–H groups in total. The fourth-order valence-electron chi connectivity index (χ4n) is 3.88. The normalized spacial score (nSPS) is 19.4. The highest BCUT2D eigenvalue weighted by molar-refractivity contribution is 5.82. The maximum Gasteiger partial charge on any atom is 0.407 e. The highest BCUT2D eigenvalue weighted by Crippen LogP contribution is 2.30. The molecule has 2 aromatic carbocycles. The van der Waals surface area contributed by atoms with Crippen molar-refractivity contribution in [3.63, 3.8) is 0 Å². The molecule has 1 amide bonds. The van der Waals surface area contributed by atoms with Gasteiger partial charge in [0.15, 0.2) is 0 Å². The number of nitrogens with zero attached hydrogens (tertiary/aromatic N) is 2. The summed E-state index contributed by atoms with van der Waals surface area (Å²) in [5.41, 5.74) is 2.68. The molecule has 6 nitrogen and oxygen atoms in total. The van der Waals surface area contributed by atoms with E-state index in [2.05, 4.69) is 29.2 Å². The Balaban J connectivity index is 1.52. The molecule has 1 aliphatic rings. The predicted octanol–water partition coefficient (Wildman–Crippen LogP) is 3.78. The first-order chi connectivity index (χ1) is 14.1. The molecule has 0 bridgehead atoms. The zero-order chi connectivity index (χ0) is 20.2. The van der Waals surface area contributed by atoms with E-state index in [0.717, 1.165) is 22.2 Å². The summed E-state index contributed by atoms with van der Waals surface area (Å²) in [5, 5.41) is 21.0. The Bertz CT molecular complexity index is 990. The molecule has 2 heterocycles. The minimum atomic E-state index is -0.925. The van der Waals surface area contributed by atoms with E-state index in [4.69, 9.17) is 4.74 Å². The van der Waals surface area contributed by atoms with Gasteiger partial charge in [-0.2, -0.15) is 0 Å². The van der Waals surface area contributed by atoms with Crippen molar-refractivity contribution in [1.29, 1.82) is 0 Å². The maximum absolute atomic E-state index is 11.5. The molecule has 150 valence electrons. The number of likely N-dealkylation sites (tertiary alicyclic amines) is 1. The minimum Gasteiger partial charge on any atom is -0.465 e. The van der Waals surface area contributed by atoms with E-state index in [-0.39, 0.29) is 18.6 Å². The number of carbonyl (C=O) groups is 1. The van der Waals surface area contributed by atoms with Crippen LogP contribution >= 0.6 is 0 Å². The van der Waals surface area contributed by atoms with Gasteiger partial charge in [0.1, 0.15) is 0 Å². The van der Waals surface area contributed by atoms with Crippen LogP contribution in [-0.4, -0.2) is 45.4 Å². The first kappa shape index (κ1) is 19.4. The average Bonchev–Trinajstić information content (AvgIpc) is 2.77. The lowest BCUT2D eigenvalue weighted by atomic mass is 9.90. The molecule has 6 heteroatoms. The fraction of sp³-hybridized carbons (Fsp3) is 0.304. The molecule has 3 aromatic rings. The first-order valence-electron chi connectivity index (χ1n) is 9.77. The summed E-state index contributed by atoms with van der Waals surface area (Å²) in [6.07, 6.45) is 1.12. The van der Waals surface area contributed by atoms with E-state index in [9.17, 15) is 15.0 Å². The van der Waals surface area contributed by atoms with Crippen LogP contribution in [0.2, 0.25) is 0 Å². The smallest absolute Gasteiger partial charge is 0.407 e. The van der Waals surface area contributed by atoms with Gasteiger partial charge in [-0.05, 0) is 40.5 Å². The van der Waals surface area contributed by atoms with Gasteiger partial charge in [-0.15, -0.1) is 0 Å². The van der Waals surface area contributed by atoms with Gasteiger partial charge in [-0.25, -0.2) is 4.79 Å². The Morgan fingerprint density at radius 3 is 2.62 bits per heavy atom. The van der Waals surface area contributed by atoms with Crippen LogP contribution in [0.25, 0.3) is 10.8 Å². The summed E-state index contributed by atoms with van der Waals surface area (Å²) in [4.78, 5) is 17.4. The number of amides is 1. The van der Waals surface area contributed by atoms with Crippen LogP contribution in [-0.2, 0) is 18.0 Å². The number of rotatable bonds is 5. The van der Waals surface area contributed by atoms with Crippen LogP contribution < -0.4 is 0 Å². The summed E-state index contributed by atoms with van der Waals surface area (Å²) in [5.74, 6) is 0.0128. The minimum absolute atomic E-state index is 0.0128. The Kier molecular flexibility index (Phi) is 5.74. The van der Waals surface area contributed by atoms with Crippen LogP contribution in [0.15, 0.2) is 60.8 Å². The maximum atomic E-state index is 11.5. The van der Waals surface area contributed by atoms with E-state index in [1.807, 2.05) is 30.3 Å². The molecular weight excluding hydrogens is 368 g/mol. The fourth-order valence-corrected chi connectivity index (χ4v) is 3.88. The number of piperidine rings is 1. The highest BCUT2D eigenvalue weighted by atomic mass is 16.5. The largest absolute Gasteiger partial charge is 0.465 e. The van der Waals surface area contributed by atoms with Crippen LogP contribution in [0.5, 0.6) is 0 Å². The first-order valence-corrected chi connectivity index (χ1v) is 9.77. The zero-order valence-corrected chi connectivity index (χ0v) is 16.1. The molecule has 0 radical (unpaired) electrons. The summed E-state index contributed by atoms with van der Waals surface area (Å²) in [6, 6.07) is 18.2. The van der Waals surface area contributed by atoms with E-state index in [1.165, 1.54) is 10.3 Å². The van der Waals surface area contributed by atoms with Crippen molar-refractivity contribution in [1.82, 2.24) is 9.88 Å². The standard InChI is InChI=1S/C23H24N2O4/c26-14-17-6-8-21(24-12-17)20-9-10-25(23(27)28)13-22(20)29-15-16-5-7-18-3-1-2-4-19(18)11-16/h1-8,11-12,20,22,26H,9-10,13-15H2,(H,27,28). The van der Waals surface area contributed by atoms with Gasteiger partial charge in [-0.3, -0.25) is 4.98 Å². The van der Waals surface area contributed by atoms with E-state index in [0.29, 0.717) is 26.1 Å². The second kappa shape index (κ2) is 8.59. The monoisotopic (exact) mass is 392 g/mol. The van der Waals surface area contributed by atoms with Crippen molar-refractivity contribution >= 4 is 16.9 Å². The number of hydrogen-bond acceptors (Lipinski definition) is 4. The molecule has 1 aliphatic heterocycles. The third-order valence-electron chi connectivity index (χ3n) is 5.52. The second-order valence-corrected chi connectivity index (χ2v) is 7.40. The van der Waals surface area contributed by atoms with Crippen molar-refractivity contribution in [3.8, 4) is 0 Å². The van der Waals surface area contributed by atoms with Crippen LogP contribution in [0, 0.1) is 0 Å². The molecule has 0 saturated carbocycles. The van der Waals surface area contributed by atoms with Gasteiger partial charge in [0.25, 0.3) is 0 Å². The zero-order valence-electron chi connectivity index (χ0n) is 16.1. The molecule has 0 spiro atoms. The number of aliphatic hydroxyl groups excluding tert-OH is 1. The molecule has 2 atom stereocenters. The van der Waals surface area contributed by atoms with Gasteiger partial charge in [0, 0.05) is 24.4 Å². The average molecular weight is 392 g/mol. The molecule has 0 aliphatic carbocycles. The van der Waals surface area contributed by atoms with Crippen molar-refractivity contribution in [3.05, 3.63) is 77.6 Å². The lowest BCUT2D eigenvalue weighted by molar-refractivity contribution is -0.0207. The van der Waals surface area contributed by atoms with Crippen LogP contribution in [0.3, 0.4) is 0 Å². The second-order valence-electron chi connectivity index (χ2n) is 7.40. The number of carboxylic acid groups (broad SMARTS) is 1. The Morgan fingerprint density at radius 2 is 1.90 bits per heavy atom. The quantitative estimate of drug-likeness (QED) is 0.690. The van der Waals surface area contributed by atoms with Crippen molar-refractivity contribution in [2.45, 2.75) is 31.7 Å². The van der Waals surface area contributed by atoms with Gasteiger partial charge in [0.05, 0.1) is 25.9 Å². The van der Waals surface area contributed by atoms with Crippen molar-refractivity contribution in [2.24, 2.45) is 0 Å². The van der Waals surface area contributed by atoms with Gasteiger partial charge in [0.2, 0.25) is 0 Å². The third kappa shape index (κ3) is 4.39. The molecule has 4 rings (SSSR count). The number of benzene rings is 2. The molecular formula is C23H24N2O4. The SMILES string of the molecule is O=C(O)N1CCC(c2ccc(CO)cn2)C(OCc2ccc3ccccc3c2)C1. The van der Waals surface area contributed by atoms with Gasteiger partial charge >= 0.3 is 6.09 Å². The van der Waals surface area contributed by atoms with Gasteiger partial charge < -0.3 is 19.8 Å². The number of hydrogen-bond donors (Lipinski definition) is 2. The number of pyridine rings is 1. The number of aromatic nitrogens is 1. The van der Waals surface area contributed by atoms with E-state index < -0.39 is 6.09 Å². The van der Waals surface area contributed by atoms with E-state index >= 15 is 0 Å². The van der Waals surface area contributed by atoms with E-state index in [1.54, 1.807) is 6.20 Å². The Labute approximate surface area is 169 Å².